The fourth-order valence-corrected chi connectivity index (χ4v) is 2.67. The van der Waals surface area contributed by atoms with Gasteiger partial charge in [-0.2, -0.15) is 0 Å². The predicted molar refractivity (Wildman–Crippen MR) is 76.5 cm³/mol. The van der Waals surface area contributed by atoms with E-state index in [2.05, 4.69) is 12.2 Å². The summed E-state index contributed by atoms with van der Waals surface area (Å²) in [5.41, 5.74) is 0. The molecule has 1 aliphatic carbocycles. The quantitative estimate of drug-likeness (QED) is 0.923. The SMILES string of the molecule is C[C@H]1CCCC[C@H]1NC(=O)COc1ccc(F)c(Cl)c1. The first-order valence-electron chi connectivity index (χ1n) is 6.93. The number of benzene rings is 1. The lowest BCUT2D eigenvalue weighted by Crippen LogP contribution is -2.43. The molecule has 0 heterocycles. The molecule has 0 bridgehead atoms. The van der Waals surface area contributed by atoms with Crippen LogP contribution >= 0.6 is 11.6 Å². The molecule has 1 amide bonds. The lowest BCUT2D eigenvalue weighted by molar-refractivity contribution is -0.124. The highest BCUT2D eigenvalue weighted by Crippen LogP contribution is 2.24. The van der Waals surface area contributed by atoms with Crippen LogP contribution in [0.15, 0.2) is 18.2 Å². The molecule has 20 heavy (non-hydrogen) atoms. The van der Waals surface area contributed by atoms with E-state index in [9.17, 15) is 9.18 Å². The average molecular weight is 300 g/mol. The number of rotatable bonds is 4. The number of amides is 1. The van der Waals surface area contributed by atoms with Crippen molar-refractivity contribution in [2.75, 3.05) is 6.61 Å². The maximum Gasteiger partial charge on any atom is 0.258 e. The van der Waals surface area contributed by atoms with E-state index in [1.165, 1.54) is 24.6 Å². The summed E-state index contributed by atoms with van der Waals surface area (Å²) < 4.78 is 18.3. The van der Waals surface area contributed by atoms with Crippen molar-refractivity contribution in [2.45, 2.75) is 38.6 Å². The van der Waals surface area contributed by atoms with Gasteiger partial charge in [0.25, 0.3) is 5.91 Å². The third-order valence-corrected chi connectivity index (χ3v) is 4.01. The molecule has 1 aromatic carbocycles. The zero-order valence-corrected chi connectivity index (χ0v) is 12.3. The maximum absolute atomic E-state index is 13.0. The van der Waals surface area contributed by atoms with Crippen molar-refractivity contribution in [3.05, 3.63) is 29.0 Å². The van der Waals surface area contributed by atoms with Crippen molar-refractivity contribution in [1.29, 1.82) is 0 Å². The Balaban J connectivity index is 1.81. The van der Waals surface area contributed by atoms with Gasteiger partial charge in [0.15, 0.2) is 6.61 Å². The van der Waals surface area contributed by atoms with E-state index in [1.54, 1.807) is 0 Å². The van der Waals surface area contributed by atoms with Crippen molar-refractivity contribution in [3.63, 3.8) is 0 Å². The first-order chi connectivity index (χ1) is 9.56. The highest BCUT2D eigenvalue weighted by Gasteiger charge is 2.22. The Kier molecular flexibility index (Phi) is 5.24. The molecule has 2 rings (SSSR count). The molecular weight excluding hydrogens is 281 g/mol. The summed E-state index contributed by atoms with van der Waals surface area (Å²) >= 11 is 5.65. The van der Waals surface area contributed by atoms with Crippen LogP contribution in [-0.4, -0.2) is 18.6 Å². The molecule has 1 N–H and O–H groups in total. The van der Waals surface area contributed by atoms with Gasteiger partial charge in [-0.3, -0.25) is 4.79 Å². The van der Waals surface area contributed by atoms with Crippen molar-refractivity contribution in [1.82, 2.24) is 5.32 Å². The number of carbonyl (C=O) groups is 1. The van der Waals surface area contributed by atoms with Crippen molar-refractivity contribution in [3.8, 4) is 5.75 Å². The number of carbonyl (C=O) groups excluding carboxylic acids is 1. The number of ether oxygens (including phenoxy) is 1. The largest absolute Gasteiger partial charge is 0.484 e. The Morgan fingerprint density at radius 3 is 2.90 bits per heavy atom. The summed E-state index contributed by atoms with van der Waals surface area (Å²) in [6.45, 7) is 2.08. The van der Waals surface area contributed by atoms with Crippen LogP contribution in [0.25, 0.3) is 0 Å². The molecule has 5 heteroatoms. The minimum atomic E-state index is -0.500. The summed E-state index contributed by atoms with van der Waals surface area (Å²) in [6.07, 6.45) is 4.57. The van der Waals surface area contributed by atoms with E-state index in [1.807, 2.05) is 0 Å². The monoisotopic (exact) mass is 299 g/mol. The first kappa shape index (κ1) is 15.1. The average Bonchev–Trinajstić information content (AvgIpc) is 2.43. The number of halogens is 2. The van der Waals surface area contributed by atoms with Gasteiger partial charge in [0, 0.05) is 12.1 Å². The molecule has 0 saturated heterocycles. The van der Waals surface area contributed by atoms with Crippen LogP contribution in [0, 0.1) is 11.7 Å². The minimum absolute atomic E-state index is 0.0104. The highest BCUT2D eigenvalue weighted by molar-refractivity contribution is 6.30. The Hall–Kier alpha value is -1.29. The second kappa shape index (κ2) is 6.93. The van der Waals surface area contributed by atoms with E-state index >= 15 is 0 Å². The Morgan fingerprint density at radius 1 is 1.45 bits per heavy atom. The second-order valence-corrected chi connectivity index (χ2v) is 5.71. The molecule has 0 radical (unpaired) electrons. The van der Waals surface area contributed by atoms with E-state index in [0.29, 0.717) is 11.7 Å². The molecule has 0 aliphatic heterocycles. The summed E-state index contributed by atoms with van der Waals surface area (Å²) in [6, 6.07) is 4.28. The predicted octanol–water partition coefficient (Wildman–Crippen LogP) is 3.55. The van der Waals surface area contributed by atoms with Crippen molar-refractivity contribution < 1.29 is 13.9 Å². The molecular formula is C15H19ClFNO2. The summed E-state index contributed by atoms with van der Waals surface area (Å²) in [5, 5.41) is 2.98. The normalized spacial score (nSPS) is 22.4. The second-order valence-electron chi connectivity index (χ2n) is 5.30. The zero-order valence-electron chi connectivity index (χ0n) is 11.5. The van der Waals surface area contributed by atoms with E-state index in [0.717, 1.165) is 19.3 Å². The lowest BCUT2D eigenvalue weighted by Gasteiger charge is -2.29. The van der Waals surface area contributed by atoms with Crippen molar-refractivity contribution >= 4 is 17.5 Å². The standard InChI is InChI=1S/C15H19ClFNO2/c1-10-4-2-3-5-14(10)18-15(19)9-20-11-6-7-13(17)12(16)8-11/h6-8,10,14H,2-5,9H2,1H3,(H,18,19)/t10-,14+/m0/s1. The Bertz CT molecular complexity index is 481. The molecule has 1 aromatic rings. The molecule has 1 aliphatic rings. The summed E-state index contributed by atoms with van der Waals surface area (Å²) in [7, 11) is 0. The van der Waals surface area contributed by atoms with Gasteiger partial charge in [-0.15, -0.1) is 0 Å². The zero-order chi connectivity index (χ0) is 14.5. The molecule has 1 saturated carbocycles. The molecule has 1 fully saturated rings. The van der Waals surface area contributed by atoms with Crippen molar-refractivity contribution in [2.24, 2.45) is 5.92 Å². The third kappa shape index (κ3) is 4.10. The van der Waals surface area contributed by atoms with Crippen LogP contribution < -0.4 is 10.1 Å². The maximum atomic E-state index is 13.0. The minimum Gasteiger partial charge on any atom is -0.484 e. The van der Waals surface area contributed by atoms with E-state index < -0.39 is 5.82 Å². The van der Waals surface area contributed by atoms with Gasteiger partial charge in [-0.1, -0.05) is 31.4 Å². The van der Waals surface area contributed by atoms with Crippen LogP contribution in [0.1, 0.15) is 32.6 Å². The number of nitrogens with one attached hydrogen (secondary N) is 1. The van der Waals surface area contributed by atoms with E-state index in [4.69, 9.17) is 16.3 Å². The number of hydrogen-bond donors (Lipinski definition) is 1. The highest BCUT2D eigenvalue weighted by atomic mass is 35.5. The molecule has 3 nitrogen and oxygen atoms in total. The first-order valence-corrected chi connectivity index (χ1v) is 7.31. The Morgan fingerprint density at radius 2 is 2.20 bits per heavy atom. The summed E-state index contributed by atoms with van der Waals surface area (Å²) in [5.74, 6) is 0.250. The van der Waals surface area contributed by atoms with Crippen LogP contribution in [0.2, 0.25) is 5.02 Å². The number of hydrogen-bond acceptors (Lipinski definition) is 2. The summed E-state index contributed by atoms with van der Waals surface area (Å²) in [4.78, 5) is 11.8. The van der Waals surface area contributed by atoms with Gasteiger partial charge in [0.1, 0.15) is 11.6 Å². The molecule has 0 aromatic heterocycles. The van der Waals surface area contributed by atoms with Crippen LogP contribution in [0.4, 0.5) is 4.39 Å². The van der Waals surface area contributed by atoms with Crippen LogP contribution in [0.3, 0.4) is 0 Å². The fraction of sp³-hybridized carbons (Fsp3) is 0.533. The smallest absolute Gasteiger partial charge is 0.258 e. The van der Waals surface area contributed by atoms with Gasteiger partial charge in [0.2, 0.25) is 0 Å². The van der Waals surface area contributed by atoms with Gasteiger partial charge in [-0.25, -0.2) is 4.39 Å². The molecule has 2 atom stereocenters. The van der Waals surface area contributed by atoms with Gasteiger partial charge in [0.05, 0.1) is 5.02 Å². The van der Waals surface area contributed by atoms with Gasteiger partial charge in [-0.05, 0) is 30.9 Å². The molecule has 0 spiro atoms. The molecule has 110 valence electrons. The fourth-order valence-electron chi connectivity index (χ4n) is 2.49. The van der Waals surface area contributed by atoms with Crippen LogP contribution in [0.5, 0.6) is 5.75 Å². The van der Waals surface area contributed by atoms with Crippen LogP contribution in [-0.2, 0) is 4.79 Å². The van der Waals surface area contributed by atoms with Gasteiger partial charge < -0.3 is 10.1 Å². The Labute approximate surface area is 123 Å². The molecule has 0 unspecified atom stereocenters. The lowest BCUT2D eigenvalue weighted by atomic mass is 9.86. The van der Waals surface area contributed by atoms with E-state index in [-0.39, 0.29) is 23.6 Å². The topological polar surface area (TPSA) is 38.3 Å². The third-order valence-electron chi connectivity index (χ3n) is 3.72. The van der Waals surface area contributed by atoms with Gasteiger partial charge >= 0.3 is 0 Å².